The number of phenols is 2. The van der Waals surface area contributed by atoms with Gasteiger partial charge in [-0.25, -0.2) is 4.79 Å². The molecule has 4 N–H and O–H groups in total. The molecular weight excluding hydrogens is 260 g/mol. The first-order chi connectivity index (χ1) is 9.28. The molecule has 0 fully saturated rings. The molecule has 0 atom stereocenters. The van der Waals surface area contributed by atoms with Crippen LogP contribution in [0.25, 0.3) is 0 Å². The summed E-state index contributed by atoms with van der Waals surface area (Å²) in [6, 6.07) is 4.64. The number of carbonyl (C=O) groups excluding carboxylic acids is 1. The number of alkyl carbamates (subject to hydrolysis) is 1. The summed E-state index contributed by atoms with van der Waals surface area (Å²) in [4.78, 5) is 11.4. The zero-order chi connectivity index (χ0) is 15.2. The van der Waals surface area contributed by atoms with Crippen molar-refractivity contribution >= 4 is 6.09 Å². The second-order valence-electron chi connectivity index (χ2n) is 5.43. The monoisotopic (exact) mass is 282 g/mol. The smallest absolute Gasteiger partial charge is 0.407 e. The summed E-state index contributed by atoms with van der Waals surface area (Å²) in [6.07, 6.45) is -0.443. The van der Waals surface area contributed by atoms with Crippen LogP contribution >= 0.6 is 0 Å². The lowest BCUT2D eigenvalue weighted by atomic mass is 10.2. The number of benzene rings is 1. The van der Waals surface area contributed by atoms with E-state index in [9.17, 15) is 15.0 Å². The maximum absolute atomic E-state index is 11.4. The number of ether oxygens (including phenoxy) is 1. The van der Waals surface area contributed by atoms with Gasteiger partial charge in [0.25, 0.3) is 0 Å². The number of nitrogens with one attached hydrogen (secondary N) is 2. The third-order valence-electron chi connectivity index (χ3n) is 2.34. The van der Waals surface area contributed by atoms with Gasteiger partial charge < -0.3 is 25.6 Å². The zero-order valence-corrected chi connectivity index (χ0v) is 12.1. The van der Waals surface area contributed by atoms with Crippen LogP contribution < -0.4 is 10.6 Å². The van der Waals surface area contributed by atoms with Gasteiger partial charge in [-0.3, -0.25) is 0 Å². The van der Waals surface area contributed by atoms with Crippen LogP contribution in [0.15, 0.2) is 18.2 Å². The third kappa shape index (κ3) is 6.29. The fraction of sp³-hybridized carbons (Fsp3) is 0.500. The Bertz CT molecular complexity index is 455. The molecule has 1 aromatic carbocycles. The van der Waals surface area contributed by atoms with Crippen LogP contribution in [0.5, 0.6) is 11.5 Å². The van der Waals surface area contributed by atoms with Crippen LogP contribution in [-0.2, 0) is 11.3 Å². The number of hydrogen-bond acceptors (Lipinski definition) is 5. The molecule has 0 aliphatic carbocycles. The van der Waals surface area contributed by atoms with Crippen molar-refractivity contribution in [2.24, 2.45) is 0 Å². The van der Waals surface area contributed by atoms with E-state index in [-0.39, 0.29) is 11.5 Å². The Morgan fingerprint density at radius 3 is 2.50 bits per heavy atom. The van der Waals surface area contributed by atoms with Crippen molar-refractivity contribution in [3.8, 4) is 11.5 Å². The van der Waals surface area contributed by atoms with Crippen LogP contribution in [0.2, 0.25) is 0 Å². The van der Waals surface area contributed by atoms with E-state index in [1.54, 1.807) is 6.07 Å². The van der Waals surface area contributed by atoms with Crippen molar-refractivity contribution in [3.63, 3.8) is 0 Å². The van der Waals surface area contributed by atoms with Gasteiger partial charge in [-0.05, 0) is 38.5 Å². The topological polar surface area (TPSA) is 90.8 Å². The van der Waals surface area contributed by atoms with E-state index < -0.39 is 11.7 Å². The third-order valence-corrected chi connectivity index (χ3v) is 2.34. The molecule has 0 heterocycles. The standard InChI is InChI=1S/C14H22N2O4/c1-14(2,3)20-13(19)16-7-6-15-9-10-4-5-11(17)12(18)8-10/h4-5,8,15,17-18H,6-7,9H2,1-3H3,(H,16,19). The van der Waals surface area contributed by atoms with Gasteiger partial charge in [-0.1, -0.05) is 6.07 Å². The van der Waals surface area contributed by atoms with Gasteiger partial charge in [0.05, 0.1) is 0 Å². The molecule has 1 aromatic rings. The number of aromatic hydroxyl groups is 2. The Labute approximate surface area is 118 Å². The van der Waals surface area contributed by atoms with Crippen molar-refractivity contribution in [2.45, 2.75) is 32.9 Å². The first-order valence-corrected chi connectivity index (χ1v) is 6.46. The predicted octanol–water partition coefficient (Wildman–Crippen LogP) is 1.71. The Morgan fingerprint density at radius 1 is 1.20 bits per heavy atom. The zero-order valence-electron chi connectivity index (χ0n) is 12.1. The lowest BCUT2D eigenvalue weighted by Crippen LogP contribution is -2.36. The summed E-state index contributed by atoms with van der Waals surface area (Å²) in [5, 5.41) is 24.2. The second kappa shape index (κ2) is 7.00. The van der Waals surface area contributed by atoms with E-state index in [1.165, 1.54) is 12.1 Å². The molecule has 6 nitrogen and oxygen atoms in total. The minimum atomic E-state index is -0.499. The highest BCUT2D eigenvalue weighted by atomic mass is 16.6. The van der Waals surface area contributed by atoms with Gasteiger partial charge >= 0.3 is 6.09 Å². The lowest BCUT2D eigenvalue weighted by molar-refractivity contribution is 0.0528. The fourth-order valence-corrected chi connectivity index (χ4v) is 1.48. The van der Waals surface area contributed by atoms with Crippen LogP contribution in [0.4, 0.5) is 4.79 Å². The number of carbonyl (C=O) groups is 1. The predicted molar refractivity (Wildman–Crippen MR) is 75.7 cm³/mol. The van der Waals surface area contributed by atoms with Crippen LogP contribution in [0.1, 0.15) is 26.3 Å². The number of phenolic OH excluding ortho intramolecular Hbond substituents is 2. The molecule has 0 unspecified atom stereocenters. The summed E-state index contributed by atoms with van der Waals surface area (Å²) < 4.78 is 5.09. The molecule has 0 aliphatic rings. The molecule has 1 rings (SSSR count). The molecule has 0 bridgehead atoms. The highest BCUT2D eigenvalue weighted by molar-refractivity contribution is 5.67. The van der Waals surface area contributed by atoms with Gasteiger partial charge in [0.2, 0.25) is 0 Å². The molecule has 0 radical (unpaired) electrons. The van der Waals surface area contributed by atoms with Gasteiger partial charge in [0.1, 0.15) is 5.60 Å². The molecular formula is C14H22N2O4. The molecule has 0 saturated heterocycles. The Kier molecular flexibility index (Phi) is 5.64. The van der Waals surface area contributed by atoms with Crippen molar-refractivity contribution in [3.05, 3.63) is 23.8 Å². The van der Waals surface area contributed by atoms with E-state index in [4.69, 9.17) is 4.74 Å². The molecule has 6 heteroatoms. The summed E-state index contributed by atoms with van der Waals surface area (Å²) in [5.74, 6) is -0.281. The largest absolute Gasteiger partial charge is 0.504 e. The Morgan fingerprint density at radius 2 is 1.90 bits per heavy atom. The molecule has 0 saturated carbocycles. The van der Waals surface area contributed by atoms with E-state index in [1.807, 2.05) is 20.8 Å². The summed E-state index contributed by atoms with van der Waals surface area (Å²) in [7, 11) is 0. The number of rotatable bonds is 5. The minimum absolute atomic E-state index is 0.139. The summed E-state index contributed by atoms with van der Waals surface area (Å²) in [6.45, 7) is 6.97. The summed E-state index contributed by atoms with van der Waals surface area (Å²) >= 11 is 0. The molecule has 0 aromatic heterocycles. The number of amides is 1. The van der Waals surface area contributed by atoms with Gasteiger partial charge in [-0.15, -0.1) is 0 Å². The molecule has 20 heavy (non-hydrogen) atoms. The number of hydrogen-bond donors (Lipinski definition) is 4. The Hall–Kier alpha value is -1.95. The van der Waals surface area contributed by atoms with E-state index >= 15 is 0 Å². The maximum atomic E-state index is 11.4. The van der Waals surface area contributed by atoms with Crippen molar-refractivity contribution in [1.29, 1.82) is 0 Å². The van der Waals surface area contributed by atoms with E-state index in [2.05, 4.69) is 10.6 Å². The highest BCUT2D eigenvalue weighted by Gasteiger charge is 2.15. The molecule has 0 spiro atoms. The first-order valence-electron chi connectivity index (χ1n) is 6.46. The molecule has 1 amide bonds. The SMILES string of the molecule is CC(C)(C)OC(=O)NCCNCc1ccc(O)c(O)c1. The van der Waals surface area contributed by atoms with E-state index in [0.717, 1.165) is 5.56 Å². The minimum Gasteiger partial charge on any atom is -0.504 e. The lowest BCUT2D eigenvalue weighted by Gasteiger charge is -2.19. The van der Waals surface area contributed by atoms with Crippen LogP contribution in [-0.4, -0.2) is 35.0 Å². The molecule has 112 valence electrons. The first kappa shape index (κ1) is 16.1. The Balaban J connectivity index is 2.19. The average molecular weight is 282 g/mol. The van der Waals surface area contributed by atoms with Crippen LogP contribution in [0, 0.1) is 0 Å². The second-order valence-corrected chi connectivity index (χ2v) is 5.43. The van der Waals surface area contributed by atoms with Gasteiger partial charge in [0, 0.05) is 19.6 Å². The average Bonchev–Trinajstić information content (AvgIpc) is 2.31. The van der Waals surface area contributed by atoms with Crippen LogP contribution in [0.3, 0.4) is 0 Å². The highest BCUT2D eigenvalue weighted by Crippen LogP contribution is 2.24. The maximum Gasteiger partial charge on any atom is 0.407 e. The van der Waals surface area contributed by atoms with E-state index in [0.29, 0.717) is 19.6 Å². The van der Waals surface area contributed by atoms with Crippen molar-refractivity contribution in [2.75, 3.05) is 13.1 Å². The molecule has 0 aliphatic heterocycles. The van der Waals surface area contributed by atoms with Gasteiger partial charge in [-0.2, -0.15) is 0 Å². The normalized spacial score (nSPS) is 11.2. The summed E-state index contributed by atoms with van der Waals surface area (Å²) in [5.41, 5.74) is 0.346. The van der Waals surface area contributed by atoms with Crippen molar-refractivity contribution in [1.82, 2.24) is 10.6 Å². The van der Waals surface area contributed by atoms with Gasteiger partial charge in [0.15, 0.2) is 11.5 Å². The van der Waals surface area contributed by atoms with Crippen molar-refractivity contribution < 1.29 is 19.7 Å². The fourth-order valence-electron chi connectivity index (χ4n) is 1.48. The quantitative estimate of drug-likeness (QED) is 0.487.